The standard InChI is InChI=1S/C29H28Cl2F3N5O3/c1-29(2,3)27(41)35-13-15-5-7-18(30)21(9-15)37-28-38-22-11-17(24(42-14-25(33)34)12-23(22)39(28)4)26(40)36-16-6-8-20(32)19(31)10-16/h5-12,25H,13-14H2,1-4H3,(H,35,41)(H,36,40)(H,37,38). The Morgan fingerprint density at radius 3 is 2.45 bits per heavy atom. The third kappa shape index (κ3) is 7.27. The van der Waals surface area contributed by atoms with E-state index in [1.54, 1.807) is 29.8 Å². The number of benzene rings is 3. The molecule has 1 aromatic heterocycles. The van der Waals surface area contributed by atoms with Crippen LogP contribution in [0, 0.1) is 11.2 Å². The second-order valence-electron chi connectivity index (χ2n) is 10.5. The fourth-order valence-electron chi connectivity index (χ4n) is 3.90. The molecule has 0 saturated carbocycles. The lowest BCUT2D eigenvalue weighted by atomic mass is 9.95. The highest BCUT2D eigenvalue weighted by atomic mass is 35.5. The minimum atomic E-state index is -2.78. The van der Waals surface area contributed by atoms with Crippen LogP contribution in [0.1, 0.15) is 36.7 Å². The van der Waals surface area contributed by atoms with Crippen LogP contribution in [0.3, 0.4) is 0 Å². The summed E-state index contributed by atoms with van der Waals surface area (Å²) >= 11 is 12.2. The molecular formula is C29H28Cl2F3N5O3. The van der Waals surface area contributed by atoms with Crippen LogP contribution in [-0.2, 0) is 18.4 Å². The number of imidazole rings is 1. The molecule has 0 aliphatic heterocycles. The first-order chi connectivity index (χ1) is 19.7. The van der Waals surface area contributed by atoms with Crippen molar-refractivity contribution in [1.82, 2.24) is 14.9 Å². The normalized spacial score (nSPS) is 11.6. The highest BCUT2D eigenvalue weighted by molar-refractivity contribution is 6.33. The Labute approximate surface area is 250 Å². The molecule has 0 aliphatic rings. The predicted octanol–water partition coefficient (Wildman–Crippen LogP) is 7.32. The summed E-state index contributed by atoms with van der Waals surface area (Å²) in [5.74, 6) is -1.22. The molecule has 222 valence electrons. The largest absolute Gasteiger partial charge is 0.487 e. The highest BCUT2D eigenvalue weighted by Gasteiger charge is 2.22. The van der Waals surface area contributed by atoms with Gasteiger partial charge in [-0.3, -0.25) is 9.59 Å². The number of carbonyl (C=O) groups excluding carboxylic acids is 2. The topological polar surface area (TPSA) is 97.3 Å². The molecule has 4 rings (SSSR count). The van der Waals surface area contributed by atoms with Crippen LogP contribution in [0.2, 0.25) is 10.0 Å². The van der Waals surface area contributed by atoms with Crippen molar-refractivity contribution in [3.63, 3.8) is 0 Å². The molecule has 0 atom stereocenters. The van der Waals surface area contributed by atoms with Crippen molar-refractivity contribution in [2.24, 2.45) is 12.5 Å². The smallest absolute Gasteiger partial charge is 0.272 e. The number of rotatable bonds is 9. The number of nitrogens with one attached hydrogen (secondary N) is 3. The second kappa shape index (κ2) is 12.5. The van der Waals surface area contributed by atoms with E-state index in [-0.39, 0.29) is 34.5 Å². The van der Waals surface area contributed by atoms with Gasteiger partial charge < -0.3 is 25.3 Å². The lowest BCUT2D eigenvalue weighted by Gasteiger charge is -2.18. The van der Waals surface area contributed by atoms with E-state index in [1.807, 2.05) is 20.8 Å². The Kier molecular flexibility index (Phi) is 9.22. The van der Waals surface area contributed by atoms with Crippen molar-refractivity contribution in [3.8, 4) is 5.75 Å². The fourth-order valence-corrected chi connectivity index (χ4v) is 4.24. The number of aromatic nitrogens is 2. The number of anilines is 3. The monoisotopic (exact) mass is 621 g/mol. The van der Waals surface area contributed by atoms with E-state index in [2.05, 4.69) is 20.9 Å². The van der Waals surface area contributed by atoms with Gasteiger partial charge in [0.15, 0.2) is 0 Å². The summed E-state index contributed by atoms with van der Waals surface area (Å²) in [6.45, 7) is 4.80. The lowest BCUT2D eigenvalue weighted by molar-refractivity contribution is -0.128. The van der Waals surface area contributed by atoms with Crippen molar-refractivity contribution in [1.29, 1.82) is 0 Å². The number of ether oxygens (including phenoxy) is 1. The number of alkyl halides is 2. The average Bonchev–Trinajstić information content (AvgIpc) is 3.22. The molecule has 0 fully saturated rings. The van der Waals surface area contributed by atoms with Crippen molar-refractivity contribution >= 4 is 63.4 Å². The van der Waals surface area contributed by atoms with Crippen molar-refractivity contribution < 1.29 is 27.5 Å². The number of halogens is 5. The van der Waals surface area contributed by atoms with Gasteiger partial charge in [-0.1, -0.05) is 50.0 Å². The van der Waals surface area contributed by atoms with E-state index in [4.69, 9.17) is 27.9 Å². The first kappa shape index (κ1) is 31.0. The fraction of sp³-hybridized carbons (Fsp3) is 0.276. The zero-order chi connectivity index (χ0) is 30.8. The molecule has 0 bridgehead atoms. The van der Waals surface area contributed by atoms with E-state index >= 15 is 0 Å². The van der Waals surface area contributed by atoms with Gasteiger partial charge in [0, 0.05) is 30.8 Å². The maximum absolute atomic E-state index is 13.6. The van der Waals surface area contributed by atoms with Gasteiger partial charge in [0.05, 0.1) is 32.3 Å². The molecule has 42 heavy (non-hydrogen) atoms. The lowest BCUT2D eigenvalue weighted by Crippen LogP contribution is -2.34. The maximum atomic E-state index is 13.6. The van der Waals surface area contributed by atoms with Gasteiger partial charge in [0.1, 0.15) is 18.2 Å². The van der Waals surface area contributed by atoms with Crippen LogP contribution in [0.15, 0.2) is 48.5 Å². The third-order valence-electron chi connectivity index (χ3n) is 6.18. The van der Waals surface area contributed by atoms with Gasteiger partial charge in [-0.2, -0.15) is 0 Å². The summed E-state index contributed by atoms with van der Waals surface area (Å²) in [5.41, 5.74) is 1.73. The molecule has 1 heterocycles. The molecule has 0 spiro atoms. The Morgan fingerprint density at radius 1 is 1.05 bits per heavy atom. The number of hydrogen-bond donors (Lipinski definition) is 3. The Morgan fingerprint density at radius 2 is 1.79 bits per heavy atom. The summed E-state index contributed by atoms with van der Waals surface area (Å²) in [6, 6.07) is 11.7. The van der Waals surface area contributed by atoms with Gasteiger partial charge in [0.2, 0.25) is 11.9 Å². The second-order valence-corrected chi connectivity index (χ2v) is 11.3. The number of carbonyl (C=O) groups is 2. The molecule has 8 nitrogen and oxygen atoms in total. The van der Waals surface area contributed by atoms with E-state index in [0.717, 1.165) is 11.6 Å². The summed E-state index contributed by atoms with van der Waals surface area (Å²) < 4.78 is 46.5. The molecule has 3 N–H and O–H groups in total. The Balaban J connectivity index is 1.65. The molecule has 3 aromatic carbocycles. The number of fused-ring (bicyclic) bond motifs is 1. The molecule has 4 aromatic rings. The maximum Gasteiger partial charge on any atom is 0.272 e. The van der Waals surface area contributed by atoms with E-state index in [1.165, 1.54) is 24.3 Å². The highest BCUT2D eigenvalue weighted by Crippen LogP contribution is 2.32. The van der Waals surface area contributed by atoms with E-state index in [0.29, 0.717) is 27.7 Å². The zero-order valence-corrected chi connectivity index (χ0v) is 24.6. The quantitative estimate of drug-likeness (QED) is 0.182. The van der Waals surface area contributed by atoms with E-state index < -0.39 is 30.2 Å². The van der Waals surface area contributed by atoms with Crippen LogP contribution in [0.5, 0.6) is 5.75 Å². The summed E-state index contributed by atoms with van der Waals surface area (Å²) in [7, 11) is 1.69. The molecule has 0 unspecified atom stereocenters. The van der Waals surface area contributed by atoms with Gasteiger partial charge in [0.25, 0.3) is 12.3 Å². The van der Waals surface area contributed by atoms with Crippen LogP contribution in [0.4, 0.5) is 30.5 Å². The Bertz CT molecular complexity index is 1650. The van der Waals surface area contributed by atoms with Crippen LogP contribution >= 0.6 is 23.2 Å². The SMILES string of the molecule is Cn1c(Nc2cc(CNC(=O)C(C)(C)C)ccc2Cl)nc2cc(C(=O)Nc3ccc(F)c(Cl)c3)c(OCC(F)F)cc21. The van der Waals surface area contributed by atoms with Crippen LogP contribution < -0.4 is 20.7 Å². The molecule has 0 aliphatic carbocycles. The number of nitrogens with zero attached hydrogens (tertiary/aromatic N) is 2. The van der Waals surface area contributed by atoms with Gasteiger partial charge >= 0.3 is 0 Å². The summed E-state index contributed by atoms with van der Waals surface area (Å²) in [6.07, 6.45) is -2.78. The zero-order valence-electron chi connectivity index (χ0n) is 23.1. The van der Waals surface area contributed by atoms with Crippen molar-refractivity contribution in [2.45, 2.75) is 33.7 Å². The molecular weight excluding hydrogens is 594 g/mol. The number of amides is 2. The predicted molar refractivity (Wildman–Crippen MR) is 158 cm³/mol. The summed E-state index contributed by atoms with van der Waals surface area (Å²) in [4.78, 5) is 30.0. The average molecular weight is 622 g/mol. The van der Waals surface area contributed by atoms with Crippen molar-refractivity contribution in [3.05, 3.63) is 75.5 Å². The van der Waals surface area contributed by atoms with Gasteiger partial charge in [-0.15, -0.1) is 0 Å². The molecule has 0 saturated heterocycles. The minimum absolute atomic E-state index is 0.0668. The van der Waals surface area contributed by atoms with Crippen LogP contribution in [0.25, 0.3) is 11.0 Å². The van der Waals surface area contributed by atoms with Crippen molar-refractivity contribution in [2.75, 3.05) is 17.2 Å². The first-order valence-electron chi connectivity index (χ1n) is 12.7. The number of aryl methyl sites for hydroxylation is 1. The number of hydrogen-bond acceptors (Lipinski definition) is 5. The van der Waals surface area contributed by atoms with Gasteiger partial charge in [-0.05, 0) is 42.0 Å². The third-order valence-corrected chi connectivity index (χ3v) is 6.80. The molecule has 2 amide bonds. The van der Waals surface area contributed by atoms with Crippen LogP contribution in [-0.4, -0.2) is 34.4 Å². The minimum Gasteiger partial charge on any atom is -0.487 e. The van der Waals surface area contributed by atoms with E-state index in [9.17, 15) is 22.8 Å². The Hall–Kier alpha value is -3.96. The van der Waals surface area contributed by atoms with Gasteiger partial charge in [-0.25, -0.2) is 18.2 Å². The first-order valence-corrected chi connectivity index (χ1v) is 13.5. The molecule has 13 heteroatoms. The molecule has 0 radical (unpaired) electrons. The summed E-state index contributed by atoms with van der Waals surface area (Å²) in [5, 5.41) is 8.81.